The van der Waals surface area contributed by atoms with Crippen LogP contribution in [0.5, 0.6) is 0 Å². The first-order valence-electron chi connectivity index (χ1n) is 6.33. The minimum atomic E-state index is -0.297. The molecule has 0 aromatic heterocycles. The summed E-state index contributed by atoms with van der Waals surface area (Å²) in [5.74, 6) is 0.792. The van der Waals surface area contributed by atoms with Gasteiger partial charge in [0.05, 0.1) is 0 Å². The van der Waals surface area contributed by atoms with Crippen LogP contribution in [-0.2, 0) is 9.59 Å². The predicted molar refractivity (Wildman–Crippen MR) is 60.7 cm³/mol. The molecule has 0 bridgehead atoms. The van der Waals surface area contributed by atoms with E-state index in [4.69, 9.17) is 0 Å². The molecule has 0 aromatic carbocycles. The molecule has 2 N–H and O–H groups in total. The van der Waals surface area contributed by atoms with Gasteiger partial charge in [0.25, 0.3) is 0 Å². The minimum absolute atomic E-state index is 0.0164. The SMILES string of the molecule is O=C(CCC1CC1)NC1CCCCNC1=O. The summed E-state index contributed by atoms with van der Waals surface area (Å²) in [5.41, 5.74) is 0. The Morgan fingerprint density at radius 1 is 1.31 bits per heavy atom. The molecular weight excluding hydrogens is 204 g/mol. The fraction of sp³-hybridized carbons (Fsp3) is 0.833. The van der Waals surface area contributed by atoms with Gasteiger partial charge in [-0.15, -0.1) is 0 Å². The summed E-state index contributed by atoms with van der Waals surface area (Å²) < 4.78 is 0. The molecule has 1 saturated heterocycles. The monoisotopic (exact) mass is 224 g/mol. The maximum Gasteiger partial charge on any atom is 0.242 e. The fourth-order valence-corrected chi connectivity index (χ4v) is 2.09. The number of carbonyl (C=O) groups is 2. The maximum atomic E-state index is 11.6. The average Bonchev–Trinajstić information content (AvgIpc) is 3.07. The molecule has 2 fully saturated rings. The van der Waals surface area contributed by atoms with Crippen LogP contribution in [0, 0.1) is 5.92 Å². The second-order valence-electron chi connectivity index (χ2n) is 4.89. The summed E-state index contributed by atoms with van der Waals surface area (Å²) in [6.07, 6.45) is 6.91. The van der Waals surface area contributed by atoms with Crippen molar-refractivity contribution in [2.75, 3.05) is 6.54 Å². The zero-order chi connectivity index (χ0) is 11.4. The van der Waals surface area contributed by atoms with Crippen LogP contribution >= 0.6 is 0 Å². The molecule has 1 aliphatic carbocycles. The first-order chi connectivity index (χ1) is 7.75. The van der Waals surface area contributed by atoms with Gasteiger partial charge in [-0.05, 0) is 31.6 Å². The lowest BCUT2D eigenvalue weighted by molar-refractivity contribution is -0.128. The van der Waals surface area contributed by atoms with Gasteiger partial charge < -0.3 is 10.6 Å². The van der Waals surface area contributed by atoms with E-state index >= 15 is 0 Å². The van der Waals surface area contributed by atoms with Gasteiger partial charge in [-0.3, -0.25) is 9.59 Å². The first kappa shape index (κ1) is 11.4. The van der Waals surface area contributed by atoms with E-state index in [-0.39, 0.29) is 17.9 Å². The van der Waals surface area contributed by atoms with Gasteiger partial charge in [-0.25, -0.2) is 0 Å². The number of amides is 2. The molecule has 4 nitrogen and oxygen atoms in total. The molecule has 1 saturated carbocycles. The van der Waals surface area contributed by atoms with Gasteiger partial charge in [0, 0.05) is 13.0 Å². The minimum Gasteiger partial charge on any atom is -0.354 e. The van der Waals surface area contributed by atoms with Crippen molar-refractivity contribution in [3.63, 3.8) is 0 Å². The number of hydrogen-bond acceptors (Lipinski definition) is 2. The van der Waals surface area contributed by atoms with Crippen LogP contribution < -0.4 is 10.6 Å². The predicted octanol–water partition coefficient (Wildman–Crippen LogP) is 0.961. The lowest BCUT2D eigenvalue weighted by Gasteiger charge is -2.14. The quantitative estimate of drug-likeness (QED) is 0.747. The molecule has 1 atom stereocenters. The van der Waals surface area contributed by atoms with Crippen LogP contribution in [-0.4, -0.2) is 24.4 Å². The van der Waals surface area contributed by atoms with Gasteiger partial charge in [0.2, 0.25) is 11.8 Å². The highest BCUT2D eigenvalue weighted by Gasteiger charge is 2.25. The molecular formula is C12H20N2O2. The second kappa shape index (κ2) is 5.32. The highest BCUT2D eigenvalue weighted by Crippen LogP contribution is 2.33. The van der Waals surface area contributed by atoms with E-state index in [1.54, 1.807) is 0 Å². The Morgan fingerprint density at radius 2 is 2.12 bits per heavy atom. The topological polar surface area (TPSA) is 58.2 Å². The van der Waals surface area contributed by atoms with Crippen molar-refractivity contribution in [2.24, 2.45) is 5.92 Å². The molecule has 2 rings (SSSR count). The third kappa shape index (κ3) is 3.51. The second-order valence-corrected chi connectivity index (χ2v) is 4.89. The molecule has 4 heteroatoms. The van der Waals surface area contributed by atoms with E-state index in [0.717, 1.165) is 38.1 Å². The number of hydrogen-bond donors (Lipinski definition) is 2. The molecule has 1 aliphatic heterocycles. The molecule has 2 amide bonds. The molecule has 0 aromatic rings. The molecule has 16 heavy (non-hydrogen) atoms. The van der Waals surface area contributed by atoms with Crippen molar-refractivity contribution in [2.45, 2.75) is 51.0 Å². The number of carbonyl (C=O) groups excluding carboxylic acids is 2. The highest BCUT2D eigenvalue weighted by molar-refractivity contribution is 5.87. The largest absolute Gasteiger partial charge is 0.354 e. The van der Waals surface area contributed by atoms with Crippen LogP contribution in [0.1, 0.15) is 44.9 Å². The molecule has 90 valence electrons. The summed E-state index contributed by atoms with van der Waals surface area (Å²) in [7, 11) is 0. The average molecular weight is 224 g/mol. The number of rotatable bonds is 4. The Bertz CT molecular complexity index is 274. The normalized spacial score (nSPS) is 25.8. The Morgan fingerprint density at radius 3 is 2.88 bits per heavy atom. The van der Waals surface area contributed by atoms with Gasteiger partial charge in [-0.2, -0.15) is 0 Å². The van der Waals surface area contributed by atoms with Crippen LogP contribution in [0.25, 0.3) is 0 Å². The Kier molecular flexibility index (Phi) is 3.80. The van der Waals surface area contributed by atoms with E-state index in [0.29, 0.717) is 6.42 Å². The van der Waals surface area contributed by atoms with Gasteiger partial charge >= 0.3 is 0 Å². The lowest BCUT2D eigenvalue weighted by Crippen LogP contribution is -2.45. The summed E-state index contributed by atoms with van der Waals surface area (Å²) in [5, 5.41) is 5.66. The van der Waals surface area contributed by atoms with E-state index in [1.165, 1.54) is 12.8 Å². The Hall–Kier alpha value is -1.06. The molecule has 1 unspecified atom stereocenters. The van der Waals surface area contributed by atoms with Crippen molar-refractivity contribution >= 4 is 11.8 Å². The summed E-state index contributed by atoms with van der Waals surface area (Å²) in [6, 6.07) is -0.297. The summed E-state index contributed by atoms with van der Waals surface area (Å²) in [6.45, 7) is 0.743. The van der Waals surface area contributed by atoms with Gasteiger partial charge in [-0.1, -0.05) is 12.8 Å². The van der Waals surface area contributed by atoms with Crippen molar-refractivity contribution in [1.29, 1.82) is 0 Å². The Balaban J connectivity index is 1.72. The first-order valence-corrected chi connectivity index (χ1v) is 6.33. The van der Waals surface area contributed by atoms with Gasteiger partial charge in [0.1, 0.15) is 6.04 Å². The van der Waals surface area contributed by atoms with Crippen LogP contribution in [0.15, 0.2) is 0 Å². The number of nitrogens with one attached hydrogen (secondary N) is 2. The van der Waals surface area contributed by atoms with E-state index in [9.17, 15) is 9.59 Å². The van der Waals surface area contributed by atoms with E-state index < -0.39 is 0 Å². The van der Waals surface area contributed by atoms with Crippen LogP contribution in [0.4, 0.5) is 0 Å². The highest BCUT2D eigenvalue weighted by atomic mass is 16.2. The third-order valence-corrected chi connectivity index (χ3v) is 3.35. The standard InChI is InChI=1S/C12H20N2O2/c15-11(7-6-9-4-5-9)14-10-3-1-2-8-13-12(10)16/h9-10H,1-8H2,(H,13,16)(H,14,15). The summed E-state index contributed by atoms with van der Waals surface area (Å²) >= 11 is 0. The molecule has 2 aliphatic rings. The zero-order valence-electron chi connectivity index (χ0n) is 9.63. The van der Waals surface area contributed by atoms with Crippen molar-refractivity contribution in [1.82, 2.24) is 10.6 Å². The van der Waals surface area contributed by atoms with E-state index in [1.807, 2.05) is 0 Å². The maximum absolute atomic E-state index is 11.6. The molecule has 1 heterocycles. The smallest absolute Gasteiger partial charge is 0.242 e. The van der Waals surface area contributed by atoms with Crippen LogP contribution in [0.2, 0.25) is 0 Å². The van der Waals surface area contributed by atoms with Crippen molar-refractivity contribution < 1.29 is 9.59 Å². The van der Waals surface area contributed by atoms with Crippen molar-refractivity contribution in [3.05, 3.63) is 0 Å². The van der Waals surface area contributed by atoms with E-state index in [2.05, 4.69) is 10.6 Å². The zero-order valence-corrected chi connectivity index (χ0v) is 9.63. The summed E-state index contributed by atoms with van der Waals surface area (Å²) in [4.78, 5) is 23.2. The van der Waals surface area contributed by atoms with Gasteiger partial charge in [0.15, 0.2) is 0 Å². The molecule has 0 radical (unpaired) electrons. The van der Waals surface area contributed by atoms with Crippen LogP contribution in [0.3, 0.4) is 0 Å². The van der Waals surface area contributed by atoms with Crippen molar-refractivity contribution in [3.8, 4) is 0 Å². The molecule has 0 spiro atoms. The fourth-order valence-electron chi connectivity index (χ4n) is 2.09. The third-order valence-electron chi connectivity index (χ3n) is 3.35. The Labute approximate surface area is 96.2 Å². The lowest BCUT2D eigenvalue weighted by atomic mass is 10.1.